The molecule has 0 heterocycles. The molecule has 0 aliphatic heterocycles. The maximum atomic E-state index is 10.6. The van der Waals surface area contributed by atoms with Gasteiger partial charge in [0.05, 0.1) is 0 Å². The van der Waals surface area contributed by atoms with Crippen molar-refractivity contribution in [2.45, 2.75) is 0 Å². The molecule has 4 heteroatoms. The lowest BCUT2D eigenvalue weighted by Gasteiger charge is -2.01. The Kier molecular flexibility index (Phi) is 2.94. The van der Waals surface area contributed by atoms with E-state index in [1.54, 1.807) is 24.3 Å². The number of carbonyl (C=O) groups is 1. The van der Waals surface area contributed by atoms with Crippen molar-refractivity contribution >= 4 is 17.5 Å². The van der Waals surface area contributed by atoms with E-state index in [2.05, 4.69) is 0 Å². The van der Waals surface area contributed by atoms with Crippen LogP contribution in [0.15, 0.2) is 24.3 Å². The quantitative estimate of drug-likeness (QED) is 0.723. The van der Waals surface area contributed by atoms with Gasteiger partial charge < -0.3 is 10.5 Å². The first-order chi connectivity index (χ1) is 5.74. The van der Waals surface area contributed by atoms with E-state index < -0.39 is 5.91 Å². The highest BCUT2D eigenvalue weighted by Crippen LogP contribution is 2.11. The topological polar surface area (TPSA) is 52.3 Å². The van der Waals surface area contributed by atoms with E-state index in [0.29, 0.717) is 11.3 Å². The minimum absolute atomic E-state index is 0.0932. The van der Waals surface area contributed by atoms with Crippen molar-refractivity contribution in [1.82, 2.24) is 0 Å². The van der Waals surface area contributed by atoms with Gasteiger partial charge in [-0.3, -0.25) is 4.79 Å². The summed E-state index contributed by atoms with van der Waals surface area (Å²) in [4.78, 5) is 10.6. The third kappa shape index (κ3) is 2.13. The van der Waals surface area contributed by atoms with E-state index in [4.69, 9.17) is 22.1 Å². The van der Waals surface area contributed by atoms with Crippen LogP contribution in [-0.4, -0.2) is 12.0 Å². The first-order valence-corrected chi connectivity index (χ1v) is 3.86. The highest BCUT2D eigenvalue weighted by molar-refractivity contribution is 6.17. The number of hydrogen-bond donors (Lipinski definition) is 1. The average Bonchev–Trinajstić information content (AvgIpc) is 2.06. The Labute approximate surface area is 75.1 Å². The van der Waals surface area contributed by atoms with Crippen LogP contribution in [0.4, 0.5) is 0 Å². The lowest BCUT2D eigenvalue weighted by molar-refractivity contribution is 0.100. The van der Waals surface area contributed by atoms with Crippen LogP contribution in [0.5, 0.6) is 5.75 Å². The lowest BCUT2D eigenvalue weighted by atomic mass is 10.2. The Bertz CT molecular complexity index is 271. The normalized spacial score (nSPS) is 9.42. The smallest absolute Gasteiger partial charge is 0.248 e. The first-order valence-electron chi connectivity index (χ1n) is 3.32. The van der Waals surface area contributed by atoms with E-state index in [0.717, 1.165) is 0 Å². The van der Waals surface area contributed by atoms with E-state index in [1.165, 1.54) is 0 Å². The van der Waals surface area contributed by atoms with Gasteiger partial charge in [0, 0.05) is 5.56 Å². The molecule has 0 aliphatic rings. The van der Waals surface area contributed by atoms with Gasteiger partial charge in [0.15, 0.2) is 6.07 Å². The van der Waals surface area contributed by atoms with Crippen molar-refractivity contribution in [3.05, 3.63) is 29.8 Å². The van der Waals surface area contributed by atoms with E-state index in [9.17, 15) is 4.79 Å². The fourth-order valence-electron chi connectivity index (χ4n) is 0.778. The second-order valence-electron chi connectivity index (χ2n) is 2.14. The number of benzene rings is 1. The largest absolute Gasteiger partial charge is 0.478 e. The van der Waals surface area contributed by atoms with Gasteiger partial charge in [0.1, 0.15) is 5.75 Å². The van der Waals surface area contributed by atoms with Crippen molar-refractivity contribution in [2.75, 3.05) is 6.07 Å². The van der Waals surface area contributed by atoms with Gasteiger partial charge in [-0.05, 0) is 24.3 Å². The van der Waals surface area contributed by atoms with Crippen molar-refractivity contribution in [3.8, 4) is 5.75 Å². The molecule has 1 aromatic rings. The molecule has 0 radical (unpaired) electrons. The molecule has 0 fully saturated rings. The highest BCUT2D eigenvalue weighted by Gasteiger charge is 1.98. The Morgan fingerprint density at radius 3 is 2.42 bits per heavy atom. The third-order valence-corrected chi connectivity index (χ3v) is 1.47. The minimum atomic E-state index is -0.451. The molecule has 3 nitrogen and oxygen atoms in total. The summed E-state index contributed by atoms with van der Waals surface area (Å²) in [6.07, 6.45) is 0. The number of primary amides is 1. The Morgan fingerprint density at radius 2 is 2.00 bits per heavy atom. The molecular formula is C8H8ClNO2. The summed E-state index contributed by atoms with van der Waals surface area (Å²) in [6, 6.07) is 6.55. The standard InChI is InChI=1S/C8H8ClNO2/c9-5-12-7-3-1-6(2-4-7)8(10)11/h1-4H,5H2,(H2,10,11). The molecule has 0 unspecified atom stereocenters. The monoisotopic (exact) mass is 185 g/mol. The number of nitrogens with two attached hydrogens (primary N) is 1. The van der Waals surface area contributed by atoms with Crippen molar-refractivity contribution in [3.63, 3.8) is 0 Å². The number of alkyl halides is 1. The summed E-state index contributed by atoms with van der Waals surface area (Å²) in [7, 11) is 0. The van der Waals surface area contributed by atoms with Crippen molar-refractivity contribution in [1.29, 1.82) is 0 Å². The number of hydrogen-bond acceptors (Lipinski definition) is 2. The molecule has 2 N–H and O–H groups in total. The Hall–Kier alpha value is -1.22. The van der Waals surface area contributed by atoms with Crippen LogP contribution >= 0.6 is 11.6 Å². The average molecular weight is 186 g/mol. The molecular weight excluding hydrogens is 178 g/mol. The van der Waals surface area contributed by atoms with E-state index >= 15 is 0 Å². The lowest BCUT2D eigenvalue weighted by Crippen LogP contribution is -2.10. The van der Waals surface area contributed by atoms with Crippen LogP contribution in [0.25, 0.3) is 0 Å². The van der Waals surface area contributed by atoms with Crippen LogP contribution in [0.1, 0.15) is 10.4 Å². The minimum Gasteiger partial charge on any atom is -0.478 e. The summed E-state index contributed by atoms with van der Waals surface area (Å²) in [6.45, 7) is 0. The van der Waals surface area contributed by atoms with Crippen LogP contribution in [0.3, 0.4) is 0 Å². The molecule has 64 valence electrons. The summed E-state index contributed by atoms with van der Waals surface area (Å²) in [5.41, 5.74) is 5.49. The van der Waals surface area contributed by atoms with E-state index in [-0.39, 0.29) is 6.07 Å². The van der Waals surface area contributed by atoms with Crippen LogP contribution in [0, 0.1) is 0 Å². The van der Waals surface area contributed by atoms with Crippen LogP contribution in [-0.2, 0) is 0 Å². The third-order valence-electron chi connectivity index (χ3n) is 1.36. The second-order valence-corrected chi connectivity index (χ2v) is 2.36. The molecule has 0 atom stereocenters. The molecule has 0 aromatic heterocycles. The van der Waals surface area contributed by atoms with Gasteiger partial charge in [0.25, 0.3) is 0 Å². The van der Waals surface area contributed by atoms with Crippen LogP contribution in [0.2, 0.25) is 0 Å². The molecule has 12 heavy (non-hydrogen) atoms. The molecule has 1 aromatic carbocycles. The van der Waals surface area contributed by atoms with Gasteiger partial charge in [-0.25, -0.2) is 0 Å². The van der Waals surface area contributed by atoms with Crippen molar-refractivity contribution < 1.29 is 9.53 Å². The Balaban J connectivity index is 2.78. The maximum Gasteiger partial charge on any atom is 0.248 e. The fourth-order valence-corrected chi connectivity index (χ4v) is 0.904. The molecule has 0 aliphatic carbocycles. The first kappa shape index (κ1) is 8.87. The summed E-state index contributed by atoms with van der Waals surface area (Å²) < 4.78 is 4.95. The zero-order valence-corrected chi connectivity index (χ0v) is 7.04. The van der Waals surface area contributed by atoms with Gasteiger partial charge >= 0.3 is 0 Å². The van der Waals surface area contributed by atoms with Gasteiger partial charge in [-0.1, -0.05) is 11.6 Å². The second kappa shape index (κ2) is 3.97. The Morgan fingerprint density at radius 1 is 1.42 bits per heavy atom. The number of halogens is 1. The van der Waals surface area contributed by atoms with E-state index in [1.807, 2.05) is 0 Å². The number of amides is 1. The van der Waals surface area contributed by atoms with Gasteiger partial charge in [-0.2, -0.15) is 0 Å². The highest BCUT2D eigenvalue weighted by atomic mass is 35.5. The summed E-state index contributed by atoms with van der Waals surface area (Å²) >= 11 is 5.32. The van der Waals surface area contributed by atoms with Crippen molar-refractivity contribution in [2.24, 2.45) is 5.73 Å². The SMILES string of the molecule is NC(=O)c1ccc(OCCl)cc1. The van der Waals surface area contributed by atoms with Gasteiger partial charge in [-0.15, -0.1) is 0 Å². The zero-order valence-electron chi connectivity index (χ0n) is 6.29. The zero-order chi connectivity index (χ0) is 8.97. The van der Waals surface area contributed by atoms with Crippen LogP contribution < -0.4 is 10.5 Å². The number of carbonyl (C=O) groups excluding carboxylic acids is 1. The summed E-state index contributed by atoms with van der Waals surface area (Å²) in [5.74, 6) is 0.169. The molecule has 1 amide bonds. The molecule has 0 spiro atoms. The molecule has 0 saturated carbocycles. The number of rotatable bonds is 3. The predicted molar refractivity (Wildman–Crippen MR) is 46.3 cm³/mol. The fraction of sp³-hybridized carbons (Fsp3) is 0.125. The molecule has 0 saturated heterocycles. The maximum absolute atomic E-state index is 10.6. The molecule has 0 bridgehead atoms. The predicted octanol–water partition coefficient (Wildman–Crippen LogP) is 1.36. The number of ether oxygens (including phenoxy) is 1. The van der Waals surface area contributed by atoms with Gasteiger partial charge in [0.2, 0.25) is 5.91 Å². The molecule has 1 rings (SSSR count). The summed E-state index contributed by atoms with van der Waals surface area (Å²) in [5, 5.41) is 0.